The second-order valence-corrected chi connectivity index (χ2v) is 9.18. The number of phenols is 1. The van der Waals surface area contributed by atoms with Gasteiger partial charge in [-0.05, 0) is 80.0 Å². The van der Waals surface area contributed by atoms with Gasteiger partial charge in [0, 0.05) is 36.7 Å². The minimum absolute atomic E-state index is 0.00305. The fourth-order valence-electron chi connectivity index (χ4n) is 4.61. The minimum atomic E-state index is -0.108. The highest BCUT2D eigenvalue weighted by atomic mass is 16.3. The van der Waals surface area contributed by atoms with Crippen LogP contribution < -0.4 is 0 Å². The second-order valence-electron chi connectivity index (χ2n) is 9.18. The molecule has 0 amide bonds. The molecule has 1 aliphatic heterocycles. The standard InChI is InChI=1S/C29H31N3O2/c1-21(33)25-8-11-28(29(18-25)24-6-9-27(34)10-7-24)26-5-4-22(16-23(17-26)19-30)20-32-13-3-12-31(2)14-15-32/h4-11,16-18,26,34H,3,12-15,20H2,1-2H3. The number of benzene rings is 2. The summed E-state index contributed by atoms with van der Waals surface area (Å²) in [5, 5.41) is 19.6. The molecule has 0 radical (unpaired) electrons. The summed E-state index contributed by atoms with van der Waals surface area (Å²) in [6, 6.07) is 15.1. The van der Waals surface area contributed by atoms with Crippen molar-refractivity contribution in [3.8, 4) is 22.9 Å². The number of phenolic OH excluding ortho intramolecular Hbond substituents is 1. The Kier molecular flexibility index (Phi) is 7.42. The van der Waals surface area contributed by atoms with Crippen molar-refractivity contribution in [1.29, 1.82) is 5.26 Å². The lowest BCUT2D eigenvalue weighted by Gasteiger charge is -2.20. The summed E-state index contributed by atoms with van der Waals surface area (Å²) in [4.78, 5) is 16.9. The molecule has 1 atom stereocenters. The third-order valence-corrected chi connectivity index (χ3v) is 6.56. The fourth-order valence-corrected chi connectivity index (χ4v) is 4.61. The number of nitrogens with zero attached hydrogens (tertiary/aromatic N) is 3. The molecule has 4 rings (SSSR count). The van der Waals surface area contributed by atoms with Crippen LogP contribution >= 0.6 is 0 Å². The summed E-state index contributed by atoms with van der Waals surface area (Å²) in [6.07, 6.45) is 9.42. The minimum Gasteiger partial charge on any atom is -0.508 e. The van der Waals surface area contributed by atoms with E-state index in [0.717, 1.165) is 61.4 Å². The molecular weight excluding hydrogens is 422 g/mol. The number of rotatable bonds is 5. The smallest absolute Gasteiger partial charge is 0.159 e. The number of likely N-dealkylation sites (N-methyl/N-ethyl adjacent to an activating group) is 1. The maximum Gasteiger partial charge on any atom is 0.159 e. The molecule has 2 aromatic carbocycles. The molecule has 0 bridgehead atoms. The zero-order valence-corrected chi connectivity index (χ0v) is 19.9. The van der Waals surface area contributed by atoms with Crippen LogP contribution in [-0.4, -0.2) is 60.5 Å². The van der Waals surface area contributed by atoms with Gasteiger partial charge in [0.25, 0.3) is 0 Å². The van der Waals surface area contributed by atoms with Gasteiger partial charge in [-0.3, -0.25) is 9.69 Å². The maximum absolute atomic E-state index is 12.1. The topological polar surface area (TPSA) is 67.6 Å². The van der Waals surface area contributed by atoms with Crippen molar-refractivity contribution in [3.63, 3.8) is 0 Å². The molecule has 34 heavy (non-hydrogen) atoms. The van der Waals surface area contributed by atoms with Gasteiger partial charge in [-0.25, -0.2) is 0 Å². The van der Waals surface area contributed by atoms with Gasteiger partial charge in [0.05, 0.1) is 6.07 Å². The lowest BCUT2D eigenvalue weighted by Crippen LogP contribution is -2.30. The number of hydrogen-bond acceptors (Lipinski definition) is 5. The number of carbonyl (C=O) groups is 1. The van der Waals surface area contributed by atoms with Gasteiger partial charge < -0.3 is 10.0 Å². The van der Waals surface area contributed by atoms with Crippen molar-refractivity contribution in [2.75, 3.05) is 39.8 Å². The highest BCUT2D eigenvalue weighted by Crippen LogP contribution is 2.35. The Hall–Kier alpha value is -3.46. The van der Waals surface area contributed by atoms with Crippen molar-refractivity contribution in [1.82, 2.24) is 9.80 Å². The molecular formula is C29H31N3O2. The van der Waals surface area contributed by atoms with E-state index in [-0.39, 0.29) is 17.5 Å². The summed E-state index contributed by atoms with van der Waals surface area (Å²) in [5.41, 5.74) is 5.28. The van der Waals surface area contributed by atoms with Crippen molar-refractivity contribution < 1.29 is 9.90 Å². The van der Waals surface area contributed by atoms with Gasteiger partial charge >= 0.3 is 0 Å². The lowest BCUT2D eigenvalue weighted by molar-refractivity contribution is 0.101. The quantitative estimate of drug-likeness (QED) is 0.650. The van der Waals surface area contributed by atoms with Gasteiger partial charge in [0.15, 0.2) is 5.78 Å². The van der Waals surface area contributed by atoms with Crippen LogP contribution in [0.3, 0.4) is 0 Å². The van der Waals surface area contributed by atoms with E-state index in [4.69, 9.17) is 0 Å². The van der Waals surface area contributed by atoms with Gasteiger partial charge in [-0.1, -0.05) is 42.5 Å². The summed E-state index contributed by atoms with van der Waals surface area (Å²) in [7, 11) is 2.17. The first-order valence-electron chi connectivity index (χ1n) is 11.8. The Balaban J connectivity index is 1.67. The number of carbonyl (C=O) groups excluding carboxylic acids is 1. The Bertz CT molecular complexity index is 1180. The van der Waals surface area contributed by atoms with E-state index >= 15 is 0 Å². The van der Waals surface area contributed by atoms with Crippen LogP contribution in [0.25, 0.3) is 11.1 Å². The molecule has 1 heterocycles. The molecule has 1 aliphatic carbocycles. The van der Waals surface area contributed by atoms with E-state index in [1.807, 2.05) is 42.5 Å². The van der Waals surface area contributed by atoms with Gasteiger partial charge in [-0.15, -0.1) is 0 Å². The maximum atomic E-state index is 12.1. The van der Waals surface area contributed by atoms with Crippen LogP contribution in [0.4, 0.5) is 0 Å². The molecule has 2 aromatic rings. The number of hydrogen-bond donors (Lipinski definition) is 1. The van der Waals surface area contributed by atoms with Crippen LogP contribution in [0.2, 0.25) is 0 Å². The Morgan fingerprint density at radius 1 is 1.12 bits per heavy atom. The van der Waals surface area contributed by atoms with Gasteiger partial charge in [0.2, 0.25) is 0 Å². The van der Waals surface area contributed by atoms with Crippen LogP contribution in [0.1, 0.15) is 35.2 Å². The molecule has 0 spiro atoms. The highest BCUT2D eigenvalue weighted by Gasteiger charge is 2.18. The number of nitriles is 1. The third kappa shape index (κ3) is 5.72. The molecule has 1 N–H and O–H groups in total. The Morgan fingerprint density at radius 3 is 2.65 bits per heavy atom. The average Bonchev–Trinajstić information content (AvgIpc) is 3.17. The van der Waals surface area contributed by atoms with Gasteiger partial charge in [0.1, 0.15) is 5.75 Å². The van der Waals surface area contributed by atoms with E-state index in [9.17, 15) is 15.2 Å². The van der Waals surface area contributed by atoms with E-state index in [2.05, 4.69) is 35.1 Å². The molecule has 1 saturated heterocycles. The third-order valence-electron chi connectivity index (χ3n) is 6.56. The van der Waals surface area contributed by atoms with Crippen LogP contribution in [0, 0.1) is 11.3 Å². The Morgan fingerprint density at radius 2 is 1.91 bits per heavy atom. The van der Waals surface area contributed by atoms with Crippen molar-refractivity contribution in [2.45, 2.75) is 19.3 Å². The summed E-state index contributed by atoms with van der Waals surface area (Å²) < 4.78 is 0. The molecule has 0 saturated carbocycles. The molecule has 1 unspecified atom stereocenters. The predicted octanol–water partition coefficient (Wildman–Crippen LogP) is 4.93. The first kappa shape index (κ1) is 23.7. The number of Topliss-reactive ketones (excluding diaryl/α,β-unsaturated/α-hetero) is 1. The second kappa shape index (κ2) is 10.6. The van der Waals surface area contributed by atoms with Crippen molar-refractivity contribution in [2.24, 2.45) is 0 Å². The molecule has 5 heteroatoms. The Labute approximate surface area is 201 Å². The van der Waals surface area contributed by atoms with Gasteiger partial charge in [-0.2, -0.15) is 5.26 Å². The molecule has 0 aromatic heterocycles. The number of allylic oxidation sites excluding steroid dienone is 4. The molecule has 174 valence electrons. The van der Waals surface area contributed by atoms with E-state index < -0.39 is 0 Å². The summed E-state index contributed by atoms with van der Waals surface area (Å²) >= 11 is 0. The lowest BCUT2D eigenvalue weighted by atomic mass is 9.87. The van der Waals surface area contributed by atoms with Crippen LogP contribution in [0.15, 0.2) is 77.9 Å². The highest BCUT2D eigenvalue weighted by molar-refractivity contribution is 5.95. The zero-order chi connectivity index (χ0) is 24.1. The zero-order valence-electron chi connectivity index (χ0n) is 19.9. The first-order chi connectivity index (χ1) is 16.4. The monoisotopic (exact) mass is 453 g/mol. The van der Waals surface area contributed by atoms with E-state index in [0.29, 0.717) is 11.1 Å². The van der Waals surface area contributed by atoms with Crippen molar-refractivity contribution in [3.05, 3.63) is 89.0 Å². The normalized spacial score (nSPS) is 19.5. The van der Waals surface area contributed by atoms with E-state index in [1.165, 1.54) is 0 Å². The van der Waals surface area contributed by atoms with E-state index in [1.54, 1.807) is 19.1 Å². The SMILES string of the molecule is CC(=O)c1ccc(C2C=CC(CN3CCCN(C)CC3)=CC(C#N)=C2)c(-c2ccc(O)cc2)c1. The summed E-state index contributed by atoms with van der Waals surface area (Å²) in [5.74, 6) is 0.0920. The molecule has 1 fully saturated rings. The van der Waals surface area contributed by atoms with Crippen LogP contribution in [0.5, 0.6) is 5.75 Å². The molecule has 2 aliphatic rings. The summed E-state index contributed by atoms with van der Waals surface area (Å²) in [6.45, 7) is 6.64. The number of aromatic hydroxyl groups is 1. The largest absolute Gasteiger partial charge is 0.508 e. The predicted molar refractivity (Wildman–Crippen MR) is 136 cm³/mol. The first-order valence-corrected chi connectivity index (χ1v) is 11.8. The van der Waals surface area contributed by atoms with Crippen LogP contribution in [-0.2, 0) is 0 Å². The van der Waals surface area contributed by atoms with Crippen molar-refractivity contribution >= 4 is 5.78 Å². The fraction of sp³-hybridized carbons (Fsp3) is 0.310. The number of ketones is 1. The average molecular weight is 454 g/mol. The molecule has 5 nitrogen and oxygen atoms in total.